The SMILES string of the molecule is NC(=S)c1cc(C(=O)CCCC(Cl)(Cl)Cl)c[pH]1. The second-order valence-corrected chi connectivity index (χ2v) is 7.63. The van der Waals surface area contributed by atoms with E-state index in [9.17, 15) is 4.79 Å². The fourth-order valence-electron chi connectivity index (χ4n) is 1.29. The zero-order valence-corrected chi connectivity index (χ0v) is 12.9. The van der Waals surface area contributed by atoms with Crippen molar-refractivity contribution in [3.63, 3.8) is 0 Å². The number of carbonyl (C=O) groups excluding carboxylic acids is 1. The number of hydrogen-bond donors (Lipinski definition) is 1. The third-order valence-corrected chi connectivity index (χ3v) is 4.28. The van der Waals surface area contributed by atoms with Gasteiger partial charge in [-0.15, -0.1) is 8.19 Å². The molecule has 1 aromatic rings. The van der Waals surface area contributed by atoms with Gasteiger partial charge in [0.15, 0.2) is 9.58 Å². The van der Waals surface area contributed by atoms with Crippen LogP contribution in [0.1, 0.15) is 34.9 Å². The van der Waals surface area contributed by atoms with Gasteiger partial charge in [0.2, 0.25) is 0 Å². The normalized spacial score (nSPS) is 11.9. The lowest BCUT2D eigenvalue weighted by Gasteiger charge is -2.08. The molecule has 94 valence electrons. The van der Waals surface area contributed by atoms with Gasteiger partial charge in [0.05, 0.1) is 0 Å². The Morgan fingerprint density at radius 2 is 2.12 bits per heavy atom. The van der Waals surface area contributed by atoms with Gasteiger partial charge in [0.25, 0.3) is 0 Å². The fraction of sp³-hybridized carbons (Fsp3) is 0.400. The number of halogens is 3. The highest BCUT2D eigenvalue weighted by Crippen LogP contribution is 2.32. The predicted molar refractivity (Wildman–Crippen MR) is 80.3 cm³/mol. The van der Waals surface area contributed by atoms with Crippen molar-refractivity contribution in [1.29, 1.82) is 0 Å². The minimum Gasteiger partial charge on any atom is -0.389 e. The van der Waals surface area contributed by atoms with E-state index in [0.717, 1.165) is 5.30 Å². The highest BCUT2D eigenvalue weighted by molar-refractivity contribution is 7.81. The van der Waals surface area contributed by atoms with Gasteiger partial charge >= 0.3 is 0 Å². The Labute approximate surface area is 122 Å². The van der Waals surface area contributed by atoms with Crippen LogP contribution in [0.3, 0.4) is 0 Å². The number of Topliss-reactive ketones (excluding diaryl/α,β-unsaturated/α-hetero) is 1. The molecule has 2 N–H and O–H groups in total. The molecule has 7 heteroatoms. The van der Waals surface area contributed by atoms with Gasteiger partial charge in [-0.25, -0.2) is 0 Å². The second-order valence-electron chi connectivity index (χ2n) is 3.56. The Morgan fingerprint density at radius 1 is 1.47 bits per heavy atom. The van der Waals surface area contributed by atoms with Crippen LogP contribution in [0.15, 0.2) is 11.9 Å². The molecule has 2 nitrogen and oxygen atoms in total. The summed E-state index contributed by atoms with van der Waals surface area (Å²) in [5, 5.41) is 0.852. The highest BCUT2D eigenvalue weighted by Gasteiger charge is 2.19. The van der Waals surface area contributed by atoms with E-state index in [1.54, 1.807) is 6.07 Å². The van der Waals surface area contributed by atoms with Crippen LogP contribution >= 0.6 is 55.2 Å². The van der Waals surface area contributed by atoms with Crippen molar-refractivity contribution in [2.24, 2.45) is 5.73 Å². The van der Waals surface area contributed by atoms with Crippen LogP contribution in [0.4, 0.5) is 0 Å². The van der Waals surface area contributed by atoms with E-state index in [-0.39, 0.29) is 5.78 Å². The smallest absolute Gasteiger partial charge is 0.190 e. The highest BCUT2D eigenvalue weighted by atomic mass is 35.6. The molecular formula is C10H11Cl3NOPS. The molecule has 0 radical (unpaired) electrons. The van der Waals surface area contributed by atoms with Crippen molar-refractivity contribution >= 4 is 66.0 Å². The second kappa shape index (κ2) is 6.40. The van der Waals surface area contributed by atoms with E-state index in [4.69, 9.17) is 52.8 Å². The predicted octanol–water partition coefficient (Wildman–Crippen LogP) is 4.08. The first-order valence-corrected chi connectivity index (χ1v) is 7.50. The van der Waals surface area contributed by atoms with Crippen LogP contribution in [0.2, 0.25) is 0 Å². The van der Waals surface area contributed by atoms with Crippen molar-refractivity contribution < 1.29 is 4.79 Å². The van der Waals surface area contributed by atoms with Gasteiger partial charge in [0, 0.05) is 17.3 Å². The van der Waals surface area contributed by atoms with Crippen molar-refractivity contribution in [2.75, 3.05) is 0 Å². The van der Waals surface area contributed by atoms with Crippen LogP contribution in [0.25, 0.3) is 0 Å². The third-order valence-electron chi connectivity index (χ3n) is 2.13. The molecule has 0 aliphatic rings. The lowest BCUT2D eigenvalue weighted by atomic mass is 10.1. The number of ketones is 1. The molecule has 0 aliphatic heterocycles. The van der Waals surface area contributed by atoms with Crippen molar-refractivity contribution in [1.82, 2.24) is 0 Å². The Morgan fingerprint density at radius 3 is 2.59 bits per heavy atom. The summed E-state index contributed by atoms with van der Waals surface area (Å²) < 4.78 is -1.29. The first-order chi connectivity index (χ1) is 7.79. The Kier molecular flexibility index (Phi) is 5.75. The minimum absolute atomic E-state index is 0.0398. The van der Waals surface area contributed by atoms with Gasteiger partial charge in [-0.2, -0.15) is 0 Å². The summed E-state index contributed by atoms with van der Waals surface area (Å²) in [6.07, 6.45) is 1.28. The molecule has 1 atom stereocenters. The Hall–Kier alpha value is 0.210. The fourth-order valence-corrected chi connectivity index (χ4v) is 2.86. The summed E-state index contributed by atoms with van der Waals surface area (Å²) in [6, 6.07) is 1.75. The van der Waals surface area contributed by atoms with Crippen LogP contribution < -0.4 is 5.73 Å². The van der Waals surface area contributed by atoms with Gasteiger partial charge < -0.3 is 5.73 Å². The maximum absolute atomic E-state index is 11.8. The standard InChI is InChI=1S/C10H11Cl3NOPS/c11-10(12,13)3-1-2-7(15)6-4-8(9(14)17)16-5-6/h4-5,16H,1-3H2,(H2,14,17). The number of alkyl halides is 3. The topological polar surface area (TPSA) is 43.1 Å². The molecule has 0 fully saturated rings. The Bertz CT molecular complexity index is 427. The molecule has 0 saturated heterocycles. The number of nitrogens with two attached hydrogens (primary N) is 1. The molecule has 0 aromatic carbocycles. The maximum Gasteiger partial charge on any atom is 0.190 e. The van der Waals surface area contributed by atoms with E-state index in [2.05, 4.69) is 0 Å². The maximum atomic E-state index is 11.8. The van der Waals surface area contributed by atoms with Crippen LogP contribution in [0.5, 0.6) is 0 Å². The van der Waals surface area contributed by atoms with Crippen LogP contribution in [0, 0.1) is 0 Å². The molecule has 1 unspecified atom stereocenters. The number of rotatable bonds is 5. The van der Waals surface area contributed by atoms with Crippen molar-refractivity contribution in [3.8, 4) is 0 Å². The van der Waals surface area contributed by atoms with Gasteiger partial charge in [-0.1, -0.05) is 47.0 Å². The quantitative estimate of drug-likeness (QED) is 0.502. The van der Waals surface area contributed by atoms with E-state index in [1.807, 2.05) is 5.80 Å². The summed E-state index contributed by atoms with van der Waals surface area (Å²) >= 11 is 21.7. The third kappa shape index (κ3) is 5.58. The molecule has 0 aliphatic carbocycles. The molecule has 1 aromatic heterocycles. The molecule has 0 spiro atoms. The average Bonchev–Trinajstić information content (AvgIpc) is 2.63. The first kappa shape index (κ1) is 15.3. The molecule has 0 amide bonds. The molecule has 0 saturated carbocycles. The lowest BCUT2D eigenvalue weighted by molar-refractivity contribution is 0.0980. The van der Waals surface area contributed by atoms with Gasteiger partial charge in [0.1, 0.15) is 4.99 Å². The van der Waals surface area contributed by atoms with Crippen molar-refractivity contribution in [2.45, 2.75) is 23.1 Å². The van der Waals surface area contributed by atoms with Crippen LogP contribution in [-0.4, -0.2) is 14.6 Å². The lowest BCUT2D eigenvalue weighted by Crippen LogP contribution is -2.07. The largest absolute Gasteiger partial charge is 0.389 e. The summed E-state index contributed by atoms with van der Waals surface area (Å²) in [5.41, 5.74) is 6.15. The zero-order chi connectivity index (χ0) is 13.1. The number of carbonyl (C=O) groups is 1. The molecule has 1 rings (SSSR count). The van der Waals surface area contributed by atoms with E-state index in [0.29, 0.717) is 38.0 Å². The average molecular weight is 331 g/mol. The first-order valence-electron chi connectivity index (χ1n) is 4.88. The van der Waals surface area contributed by atoms with E-state index in [1.165, 1.54) is 0 Å². The summed E-state index contributed by atoms with van der Waals surface area (Å²) in [5.74, 6) is 1.89. The molecule has 1 heterocycles. The molecular weight excluding hydrogens is 320 g/mol. The zero-order valence-electron chi connectivity index (χ0n) is 8.80. The van der Waals surface area contributed by atoms with E-state index >= 15 is 0 Å². The van der Waals surface area contributed by atoms with E-state index < -0.39 is 3.79 Å². The molecule has 0 bridgehead atoms. The Balaban J connectivity index is 2.50. The summed E-state index contributed by atoms with van der Waals surface area (Å²) in [6.45, 7) is 0. The van der Waals surface area contributed by atoms with Gasteiger partial charge in [-0.05, 0) is 24.7 Å². The van der Waals surface area contributed by atoms with Crippen LogP contribution in [-0.2, 0) is 0 Å². The number of hydrogen-bond acceptors (Lipinski definition) is 2. The number of thiocarbonyl (C=S) groups is 1. The van der Waals surface area contributed by atoms with Gasteiger partial charge in [-0.3, -0.25) is 4.79 Å². The summed E-state index contributed by atoms with van der Waals surface area (Å²) in [4.78, 5) is 12.1. The monoisotopic (exact) mass is 329 g/mol. The van der Waals surface area contributed by atoms with Crippen molar-refractivity contribution in [3.05, 3.63) is 22.7 Å². The summed E-state index contributed by atoms with van der Waals surface area (Å²) in [7, 11) is 0.381. The molecule has 17 heavy (non-hydrogen) atoms. The minimum atomic E-state index is -1.29.